The quantitative estimate of drug-likeness (QED) is 0.617. The lowest BCUT2D eigenvalue weighted by molar-refractivity contribution is 0.380. The van der Waals surface area contributed by atoms with Gasteiger partial charge in [0.1, 0.15) is 0 Å². The van der Waals surface area contributed by atoms with Crippen molar-refractivity contribution in [1.29, 1.82) is 0 Å². The van der Waals surface area contributed by atoms with Crippen LogP contribution in [0, 0.1) is 5.92 Å². The Labute approximate surface area is 105 Å². The Morgan fingerprint density at radius 2 is 1.88 bits per heavy atom. The van der Waals surface area contributed by atoms with Crippen LogP contribution in [0.2, 0.25) is 0 Å². The summed E-state index contributed by atoms with van der Waals surface area (Å²) in [5.41, 5.74) is 0. The lowest BCUT2D eigenvalue weighted by atomic mass is 10.4. The summed E-state index contributed by atoms with van der Waals surface area (Å²) in [7, 11) is 0.0901. The molecule has 1 rings (SSSR count). The molecule has 0 atom stereocenters. The summed E-state index contributed by atoms with van der Waals surface area (Å²) in [5.74, 6) is 0.588. The van der Waals surface area contributed by atoms with Gasteiger partial charge in [0.15, 0.2) is 0 Å². The molecule has 1 aliphatic carbocycles. The molecule has 0 radical (unpaired) electrons. The van der Waals surface area contributed by atoms with Crippen molar-refractivity contribution in [1.82, 2.24) is 13.9 Å². The standard InChI is InChI=1S/C11H25N3O2S/c1-4-12-8-5-9-13(2)17(15,16)14(3)10-11-6-7-11/h11-12H,4-10H2,1-3H3. The maximum absolute atomic E-state index is 12.1. The van der Waals surface area contributed by atoms with Crippen LogP contribution in [0.4, 0.5) is 0 Å². The molecule has 0 aromatic carbocycles. The molecule has 0 bridgehead atoms. The first-order valence-electron chi connectivity index (χ1n) is 6.36. The molecule has 1 saturated carbocycles. The molecule has 0 aromatic heterocycles. The molecule has 1 N–H and O–H groups in total. The smallest absolute Gasteiger partial charge is 0.281 e. The molecule has 0 heterocycles. The number of hydrogen-bond acceptors (Lipinski definition) is 3. The highest BCUT2D eigenvalue weighted by Gasteiger charge is 2.30. The molecule has 5 nitrogen and oxygen atoms in total. The first-order valence-corrected chi connectivity index (χ1v) is 7.76. The van der Waals surface area contributed by atoms with Crippen molar-refractivity contribution < 1.29 is 8.42 Å². The highest BCUT2D eigenvalue weighted by Crippen LogP contribution is 2.30. The predicted molar refractivity (Wildman–Crippen MR) is 70.1 cm³/mol. The minimum absolute atomic E-state index is 0.574. The van der Waals surface area contributed by atoms with Crippen LogP contribution in [0.25, 0.3) is 0 Å². The SMILES string of the molecule is CCNCCCN(C)S(=O)(=O)N(C)CC1CC1. The summed E-state index contributed by atoms with van der Waals surface area (Å²) in [4.78, 5) is 0. The van der Waals surface area contributed by atoms with E-state index in [0.717, 1.165) is 19.5 Å². The van der Waals surface area contributed by atoms with Gasteiger partial charge in [-0.3, -0.25) is 0 Å². The lowest BCUT2D eigenvalue weighted by Gasteiger charge is -2.24. The molecule has 0 spiro atoms. The zero-order chi connectivity index (χ0) is 12.9. The van der Waals surface area contributed by atoms with Crippen LogP contribution < -0.4 is 5.32 Å². The van der Waals surface area contributed by atoms with Gasteiger partial charge < -0.3 is 5.32 Å². The zero-order valence-electron chi connectivity index (χ0n) is 11.1. The minimum Gasteiger partial charge on any atom is -0.317 e. The van der Waals surface area contributed by atoms with Gasteiger partial charge in [-0.2, -0.15) is 17.0 Å². The van der Waals surface area contributed by atoms with E-state index in [4.69, 9.17) is 0 Å². The fraction of sp³-hybridized carbons (Fsp3) is 1.00. The topological polar surface area (TPSA) is 52.7 Å². The Morgan fingerprint density at radius 3 is 2.41 bits per heavy atom. The van der Waals surface area contributed by atoms with Gasteiger partial charge in [0.25, 0.3) is 10.2 Å². The highest BCUT2D eigenvalue weighted by atomic mass is 32.2. The molecule has 1 aliphatic rings. The molecule has 6 heteroatoms. The second kappa shape index (κ2) is 6.68. The summed E-state index contributed by atoms with van der Waals surface area (Å²) in [6, 6.07) is 0. The molecular formula is C11H25N3O2S. The first-order chi connectivity index (χ1) is 7.98. The third kappa shape index (κ3) is 4.91. The van der Waals surface area contributed by atoms with Gasteiger partial charge in [0.05, 0.1) is 0 Å². The van der Waals surface area contributed by atoms with Crippen molar-refractivity contribution in [3.05, 3.63) is 0 Å². The van der Waals surface area contributed by atoms with Crippen LogP contribution in [0.15, 0.2) is 0 Å². The van der Waals surface area contributed by atoms with Crippen LogP contribution in [-0.4, -0.2) is 57.3 Å². The van der Waals surface area contributed by atoms with Crippen molar-refractivity contribution in [2.75, 3.05) is 40.3 Å². The van der Waals surface area contributed by atoms with Crippen molar-refractivity contribution in [3.63, 3.8) is 0 Å². The third-order valence-corrected chi connectivity index (χ3v) is 4.98. The fourth-order valence-electron chi connectivity index (χ4n) is 1.72. The summed E-state index contributed by atoms with van der Waals surface area (Å²) in [6.07, 6.45) is 3.19. The van der Waals surface area contributed by atoms with Crippen molar-refractivity contribution in [3.8, 4) is 0 Å². The normalized spacial score (nSPS) is 17.0. The van der Waals surface area contributed by atoms with Gasteiger partial charge >= 0.3 is 0 Å². The predicted octanol–water partition coefficient (Wildman–Crippen LogP) is 0.504. The Kier molecular flexibility index (Phi) is 5.85. The maximum Gasteiger partial charge on any atom is 0.281 e. The Bertz CT molecular complexity index is 315. The summed E-state index contributed by atoms with van der Waals surface area (Å²) in [5, 5.41) is 3.19. The van der Waals surface area contributed by atoms with Crippen LogP contribution in [0.3, 0.4) is 0 Å². The summed E-state index contributed by atoms with van der Waals surface area (Å²) >= 11 is 0. The summed E-state index contributed by atoms with van der Waals surface area (Å²) in [6.45, 7) is 5.08. The van der Waals surface area contributed by atoms with Crippen LogP contribution in [0.5, 0.6) is 0 Å². The molecule has 102 valence electrons. The van der Waals surface area contributed by atoms with E-state index >= 15 is 0 Å². The largest absolute Gasteiger partial charge is 0.317 e. The van der Waals surface area contributed by atoms with E-state index in [1.807, 2.05) is 6.92 Å². The Hall–Kier alpha value is -0.170. The van der Waals surface area contributed by atoms with Crippen molar-refractivity contribution >= 4 is 10.2 Å². The lowest BCUT2D eigenvalue weighted by Crippen LogP contribution is -2.41. The molecule has 0 unspecified atom stereocenters. The van der Waals surface area contributed by atoms with Crippen LogP contribution in [-0.2, 0) is 10.2 Å². The van der Waals surface area contributed by atoms with Crippen LogP contribution >= 0.6 is 0 Å². The Morgan fingerprint density at radius 1 is 1.24 bits per heavy atom. The minimum atomic E-state index is -3.24. The second-order valence-electron chi connectivity index (χ2n) is 4.76. The fourth-order valence-corrected chi connectivity index (χ4v) is 2.95. The Balaban J connectivity index is 2.33. The van der Waals surface area contributed by atoms with Crippen molar-refractivity contribution in [2.45, 2.75) is 26.2 Å². The van der Waals surface area contributed by atoms with Crippen molar-refractivity contribution in [2.24, 2.45) is 5.92 Å². The van der Waals surface area contributed by atoms with Gasteiger partial charge in [-0.05, 0) is 38.3 Å². The summed E-state index contributed by atoms with van der Waals surface area (Å²) < 4.78 is 27.1. The third-order valence-electron chi connectivity index (χ3n) is 3.08. The van der Waals surface area contributed by atoms with E-state index < -0.39 is 10.2 Å². The van der Waals surface area contributed by atoms with E-state index in [0.29, 0.717) is 19.0 Å². The highest BCUT2D eigenvalue weighted by molar-refractivity contribution is 7.86. The van der Waals surface area contributed by atoms with E-state index in [-0.39, 0.29) is 0 Å². The molecule has 1 fully saturated rings. The average Bonchev–Trinajstić information content (AvgIpc) is 3.07. The van der Waals surface area contributed by atoms with Gasteiger partial charge in [0.2, 0.25) is 0 Å². The molecule has 0 amide bonds. The maximum atomic E-state index is 12.1. The molecule has 0 aliphatic heterocycles. The molecule has 17 heavy (non-hydrogen) atoms. The van der Waals surface area contributed by atoms with Crippen LogP contribution in [0.1, 0.15) is 26.2 Å². The van der Waals surface area contributed by atoms with E-state index in [2.05, 4.69) is 5.32 Å². The first kappa shape index (κ1) is 14.9. The van der Waals surface area contributed by atoms with E-state index in [9.17, 15) is 8.42 Å². The number of rotatable bonds is 9. The van der Waals surface area contributed by atoms with Gasteiger partial charge in [0, 0.05) is 27.2 Å². The molecular weight excluding hydrogens is 238 g/mol. The van der Waals surface area contributed by atoms with E-state index in [1.54, 1.807) is 14.1 Å². The van der Waals surface area contributed by atoms with Gasteiger partial charge in [-0.25, -0.2) is 0 Å². The van der Waals surface area contributed by atoms with Gasteiger partial charge in [-0.15, -0.1) is 0 Å². The molecule has 0 aromatic rings. The number of hydrogen-bond donors (Lipinski definition) is 1. The zero-order valence-corrected chi connectivity index (χ0v) is 12.0. The van der Waals surface area contributed by atoms with Gasteiger partial charge in [-0.1, -0.05) is 6.92 Å². The number of nitrogens with one attached hydrogen (secondary N) is 1. The molecule has 0 saturated heterocycles. The van der Waals surface area contributed by atoms with E-state index in [1.165, 1.54) is 21.5 Å². The monoisotopic (exact) mass is 263 g/mol. The average molecular weight is 263 g/mol. The second-order valence-corrected chi connectivity index (χ2v) is 6.90. The number of nitrogens with zero attached hydrogens (tertiary/aromatic N) is 2.